The Morgan fingerprint density at radius 1 is 1.33 bits per heavy atom. The van der Waals surface area contributed by atoms with Crippen LogP contribution in [0.5, 0.6) is 0 Å². The SMILES string of the molecule is C[C@H](NC(=O)Cn1nc2c(C3CC3)nccn2c1=O)c1ccc(Cl)c(Cl)c1. The van der Waals surface area contributed by atoms with E-state index in [2.05, 4.69) is 15.4 Å². The first-order valence-electron chi connectivity index (χ1n) is 8.62. The molecule has 1 amide bonds. The predicted molar refractivity (Wildman–Crippen MR) is 102 cm³/mol. The highest BCUT2D eigenvalue weighted by atomic mass is 35.5. The second kappa shape index (κ2) is 6.98. The fourth-order valence-corrected chi connectivity index (χ4v) is 3.31. The fourth-order valence-electron chi connectivity index (χ4n) is 3.00. The van der Waals surface area contributed by atoms with E-state index in [1.54, 1.807) is 30.6 Å². The summed E-state index contributed by atoms with van der Waals surface area (Å²) in [5.41, 5.74) is 1.81. The van der Waals surface area contributed by atoms with Crippen LogP contribution in [0.4, 0.5) is 0 Å². The van der Waals surface area contributed by atoms with E-state index in [0.717, 1.165) is 24.1 Å². The van der Waals surface area contributed by atoms with E-state index in [9.17, 15) is 9.59 Å². The minimum absolute atomic E-state index is 0.170. The monoisotopic (exact) mass is 405 g/mol. The average molecular weight is 406 g/mol. The number of amides is 1. The van der Waals surface area contributed by atoms with Crippen LogP contribution in [0.2, 0.25) is 10.0 Å². The van der Waals surface area contributed by atoms with Crippen LogP contribution in [0.3, 0.4) is 0 Å². The first-order valence-corrected chi connectivity index (χ1v) is 9.38. The zero-order valence-electron chi connectivity index (χ0n) is 14.5. The number of fused-ring (bicyclic) bond motifs is 1. The number of aromatic nitrogens is 4. The highest BCUT2D eigenvalue weighted by Crippen LogP contribution is 2.40. The lowest BCUT2D eigenvalue weighted by molar-refractivity contribution is -0.122. The van der Waals surface area contributed by atoms with Gasteiger partial charge in [0, 0.05) is 18.3 Å². The van der Waals surface area contributed by atoms with Gasteiger partial charge in [-0.2, -0.15) is 0 Å². The summed E-state index contributed by atoms with van der Waals surface area (Å²) in [7, 11) is 0. The Labute approximate surface area is 164 Å². The van der Waals surface area contributed by atoms with Crippen molar-refractivity contribution < 1.29 is 4.79 Å². The maximum atomic E-state index is 12.5. The number of hydrogen-bond acceptors (Lipinski definition) is 4. The molecular weight excluding hydrogens is 389 g/mol. The van der Waals surface area contributed by atoms with Gasteiger partial charge in [0.2, 0.25) is 5.91 Å². The van der Waals surface area contributed by atoms with Crippen LogP contribution in [0.25, 0.3) is 5.65 Å². The van der Waals surface area contributed by atoms with Gasteiger partial charge in [0.1, 0.15) is 6.54 Å². The molecule has 0 bridgehead atoms. The smallest absolute Gasteiger partial charge is 0.348 e. The van der Waals surface area contributed by atoms with Crippen LogP contribution in [0.15, 0.2) is 35.4 Å². The second-order valence-electron chi connectivity index (χ2n) is 6.68. The molecule has 1 N–H and O–H groups in total. The van der Waals surface area contributed by atoms with E-state index in [0.29, 0.717) is 21.6 Å². The fraction of sp³-hybridized carbons (Fsp3) is 0.333. The molecule has 140 valence electrons. The van der Waals surface area contributed by atoms with Crippen molar-refractivity contribution >= 4 is 34.8 Å². The average Bonchev–Trinajstić information content (AvgIpc) is 3.43. The zero-order chi connectivity index (χ0) is 19.1. The van der Waals surface area contributed by atoms with Crippen LogP contribution < -0.4 is 11.0 Å². The lowest BCUT2D eigenvalue weighted by Gasteiger charge is -2.14. The Balaban J connectivity index is 1.52. The highest BCUT2D eigenvalue weighted by molar-refractivity contribution is 6.42. The highest BCUT2D eigenvalue weighted by Gasteiger charge is 2.29. The third-order valence-corrected chi connectivity index (χ3v) is 5.35. The van der Waals surface area contributed by atoms with E-state index in [4.69, 9.17) is 23.2 Å². The minimum atomic E-state index is -0.355. The predicted octanol–water partition coefficient (Wildman–Crippen LogP) is 2.95. The van der Waals surface area contributed by atoms with Crippen LogP contribution >= 0.6 is 23.2 Å². The number of nitrogens with one attached hydrogen (secondary N) is 1. The van der Waals surface area contributed by atoms with Gasteiger partial charge in [0.15, 0.2) is 5.65 Å². The molecule has 0 radical (unpaired) electrons. The van der Waals surface area contributed by atoms with Gasteiger partial charge in [-0.1, -0.05) is 29.3 Å². The molecule has 2 aromatic heterocycles. The summed E-state index contributed by atoms with van der Waals surface area (Å²) in [5, 5.41) is 8.05. The summed E-state index contributed by atoms with van der Waals surface area (Å²) < 4.78 is 2.61. The van der Waals surface area contributed by atoms with Gasteiger partial charge >= 0.3 is 5.69 Å². The van der Waals surface area contributed by atoms with Gasteiger partial charge in [-0.3, -0.25) is 9.78 Å². The summed E-state index contributed by atoms with van der Waals surface area (Å²) in [6.07, 6.45) is 5.27. The van der Waals surface area contributed by atoms with E-state index in [-0.39, 0.29) is 24.2 Å². The maximum absolute atomic E-state index is 12.5. The van der Waals surface area contributed by atoms with E-state index < -0.39 is 0 Å². The quantitative estimate of drug-likeness (QED) is 0.707. The van der Waals surface area contributed by atoms with Crippen molar-refractivity contribution in [3.05, 3.63) is 62.4 Å². The van der Waals surface area contributed by atoms with Crippen molar-refractivity contribution in [3.8, 4) is 0 Å². The third-order valence-electron chi connectivity index (χ3n) is 4.61. The zero-order valence-corrected chi connectivity index (χ0v) is 16.0. The van der Waals surface area contributed by atoms with Gasteiger partial charge in [0.25, 0.3) is 0 Å². The van der Waals surface area contributed by atoms with Gasteiger partial charge in [0.05, 0.1) is 21.8 Å². The normalized spacial score (nSPS) is 15.1. The molecule has 1 atom stereocenters. The van der Waals surface area contributed by atoms with Gasteiger partial charge < -0.3 is 5.32 Å². The Bertz CT molecular complexity index is 1090. The Morgan fingerprint density at radius 3 is 2.81 bits per heavy atom. The molecular formula is C18H17Cl2N5O2. The van der Waals surface area contributed by atoms with Crippen molar-refractivity contribution in [2.24, 2.45) is 0 Å². The number of rotatable bonds is 5. The van der Waals surface area contributed by atoms with Crippen molar-refractivity contribution in [2.75, 3.05) is 0 Å². The van der Waals surface area contributed by atoms with Crippen molar-refractivity contribution in [3.63, 3.8) is 0 Å². The largest absolute Gasteiger partial charge is 0.350 e. The summed E-state index contributed by atoms with van der Waals surface area (Å²) in [6.45, 7) is 1.66. The number of nitrogens with zero attached hydrogens (tertiary/aromatic N) is 4. The summed E-state index contributed by atoms with van der Waals surface area (Å²) in [6, 6.07) is 4.90. The van der Waals surface area contributed by atoms with Crippen LogP contribution in [0.1, 0.15) is 43.0 Å². The number of hydrogen-bond donors (Lipinski definition) is 1. The molecule has 1 aliphatic carbocycles. The van der Waals surface area contributed by atoms with Crippen LogP contribution in [-0.4, -0.2) is 25.1 Å². The second-order valence-corrected chi connectivity index (χ2v) is 7.50. The van der Waals surface area contributed by atoms with Crippen LogP contribution in [-0.2, 0) is 11.3 Å². The van der Waals surface area contributed by atoms with Gasteiger partial charge in [-0.25, -0.2) is 13.9 Å². The number of carbonyl (C=O) groups is 1. The lowest BCUT2D eigenvalue weighted by Crippen LogP contribution is -2.34. The number of halogens is 2. The molecule has 9 heteroatoms. The molecule has 3 aromatic rings. The molecule has 4 rings (SSSR count). The van der Waals surface area contributed by atoms with E-state index in [1.807, 2.05) is 6.92 Å². The number of benzene rings is 1. The first-order chi connectivity index (χ1) is 12.9. The summed E-state index contributed by atoms with van der Waals surface area (Å²) in [5.74, 6) is 0.0347. The van der Waals surface area contributed by atoms with E-state index in [1.165, 1.54) is 9.08 Å². The van der Waals surface area contributed by atoms with Crippen molar-refractivity contribution in [1.82, 2.24) is 24.5 Å². The molecule has 0 saturated heterocycles. The minimum Gasteiger partial charge on any atom is -0.348 e. The van der Waals surface area contributed by atoms with Gasteiger partial charge in [-0.05, 0) is 37.5 Å². The summed E-state index contributed by atoms with van der Waals surface area (Å²) in [4.78, 5) is 29.3. The number of carbonyl (C=O) groups excluding carboxylic acids is 1. The molecule has 1 fully saturated rings. The molecule has 2 heterocycles. The molecule has 7 nitrogen and oxygen atoms in total. The molecule has 1 aromatic carbocycles. The molecule has 0 spiro atoms. The molecule has 0 aliphatic heterocycles. The standard InChI is InChI=1S/C18H17Cl2N5O2/c1-10(12-4-5-13(19)14(20)8-12)22-15(26)9-25-18(27)24-7-6-21-16(11-2-3-11)17(24)23-25/h4-8,10-11H,2-3,9H2,1H3,(H,22,26)/t10-/m0/s1. The van der Waals surface area contributed by atoms with Crippen LogP contribution in [0, 0.1) is 0 Å². The first kappa shape index (κ1) is 18.0. The topological polar surface area (TPSA) is 81.3 Å². The third kappa shape index (κ3) is 3.57. The van der Waals surface area contributed by atoms with Gasteiger partial charge in [-0.15, -0.1) is 5.10 Å². The van der Waals surface area contributed by atoms with Crippen molar-refractivity contribution in [2.45, 2.75) is 38.3 Å². The Morgan fingerprint density at radius 2 is 2.11 bits per heavy atom. The molecule has 1 saturated carbocycles. The van der Waals surface area contributed by atoms with E-state index >= 15 is 0 Å². The molecule has 0 unspecified atom stereocenters. The molecule has 1 aliphatic rings. The molecule has 27 heavy (non-hydrogen) atoms. The lowest BCUT2D eigenvalue weighted by atomic mass is 10.1. The Kier molecular flexibility index (Phi) is 4.65. The summed E-state index contributed by atoms with van der Waals surface area (Å²) >= 11 is 11.9. The Hall–Kier alpha value is -2.38. The van der Waals surface area contributed by atoms with Crippen molar-refractivity contribution in [1.29, 1.82) is 0 Å². The maximum Gasteiger partial charge on any atom is 0.350 e.